The van der Waals surface area contributed by atoms with Gasteiger partial charge in [-0.15, -0.1) is 11.3 Å². The lowest BCUT2D eigenvalue weighted by atomic mass is 10.2. The Labute approximate surface area is 123 Å². The number of thiophene rings is 1. The van der Waals surface area contributed by atoms with Crippen molar-refractivity contribution in [3.8, 4) is 0 Å². The van der Waals surface area contributed by atoms with E-state index >= 15 is 0 Å². The number of rotatable bonds is 3. The molecule has 1 amide bonds. The predicted octanol–water partition coefficient (Wildman–Crippen LogP) is 1.04. The number of sulfone groups is 1. The van der Waals surface area contributed by atoms with Crippen LogP contribution in [0, 0.1) is 6.92 Å². The molecule has 7 heteroatoms. The first-order valence-electron chi connectivity index (χ1n) is 6.56. The highest BCUT2D eigenvalue weighted by Crippen LogP contribution is 2.25. The molecule has 0 unspecified atom stereocenters. The Balaban J connectivity index is 2.17. The van der Waals surface area contributed by atoms with Gasteiger partial charge in [-0.25, -0.2) is 8.42 Å². The SMILES string of the molecule is Cc1sc(C(=O)N2CCN[C@H](C)C2)cc1CS(C)(=O)=O. The summed E-state index contributed by atoms with van der Waals surface area (Å²) in [6.45, 7) is 6.10. The van der Waals surface area contributed by atoms with Gasteiger partial charge < -0.3 is 10.2 Å². The number of carbonyl (C=O) groups is 1. The minimum absolute atomic E-state index is 0.000567. The second-order valence-corrected chi connectivity index (χ2v) is 8.77. The van der Waals surface area contributed by atoms with Crippen LogP contribution in [-0.4, -0.2) is 51.2 Å². The molecule has 1 aliphatic heterocycles. The van der Waals surface area contributed by atoms with E-state index in [1.807, 2.05) is 18.7 Å². The average Bonchev–Trinajstić information content (AvgIpc) is 2.68. The fourth-order valence-corrected chi connectivity index (χ4v) is 4.29. The maximum atomic E-state index is 12.4. The van der Waals surface area contributed by atoms with E-state index in [1.165, 1.54) is 17.6 Å². The number of piperazine rings is 1. The molecular formula is C13H20N2O3S2. The summed E-state index contributed by atoms with van der Waals surface area (Å²) in [4.78, 5) is 15.8. The van der Waals surface area contributed by atoms with Gasteiger partial charge in [0.2, 0.25) is 0 Å². The number of nitrogens with one attached hydrogen (secondary N) is 1. The summed E-state index contributed by atoms with van der Waals surface area (Å²) in [5.41, 5.74) is 0.740. The summed E-state index contributed by atoms with van der Waals surface area (Å²) in [7, 11) is -3.07. The molecule has 2 rings (SSSR count). The number of nitrogens with zero attached hydrogens (tertiary/aromatic N) is 1. The first kappa shape index (κ1) is 15.5. The molecule has 20 heavy (non-hydrogen) atoms. The summed E-state index contributed by atoms with van der Waals surface area (Å²) in [6, 6.07) is 2.03. The molecule has 1 N–H and O–H groups in total. The first-order chi connectivity index (χ1) is 9.26. The summed E-state index contributed by atoms with van der Waals surface area (Å²) < 4.78 is 22.8. The lowest BCUT2D eigenvalue weighted by molar-refractivity contribution is 0.0714. The van der Waals surface area contributed by atoms with E-state index in [-0.39, 0.29) is 11.7 Å². The van der Waals surface area contributed by atoms with Crippen molar-refractivity contribution in [2.24, 2.45) is 0 Å². The number of carbonyl (C=O) groups excluding carboxylic acids is 1. The highest BCUT2D eigenvalue weighted by atomic mass is 32.2. The third kappa shape index (κ3) is 3.80. The van der Waals surface area contributed by atoms with Crippen molar-refractivity contribution in [3.63, 3.8) is 0 Å². The highest BCUT2D eigenvalue weighted by Gasteiger charge is 2.24. The second kappa shape index (κ2) is 5.83. The number of hydrogen-bond donors (Lipinski definition) is 1. The van der Waals surface area contributed by atoms with Crippen molar-refractivity contribution in [3.05, 3.63) is 21.4 Å². The predicted molar refractivity (Wildman–Crippen MR) is 81.0 cm³/mol. The molecular weight excluding hydrogens is 296 g/mol. The van der Waals surface area contributed by atoms with Gasteiger partial charge in [0.1, 0.15) is 0 Å². The van der Waals surface area contributed by atoms with E-state index in [0.717, 1.165) is 17.0 Å². The summed E-state index contributed by atoms with van der Waals surface area (Å²) in [6.07, 6.45) is 1.21. The van der Waals surface area contributed by atoms with Crippen LogP contribution in [0.3, 0.4) is 0 Å². The average molecular weight is 316 g/mol. The molecule has 1 saturated heterocycles. The molecule has 1 aromatic rings. The zero-order valence-corrected chi connectivity index (χ0v) is 13.6. The topological polar surface area (TPSA) is 66.5 Å². The molecule has 0 aromatic carbocycles. The Bertz CT molecular complexity index is 607. The molecule has 1 atom stereocenters. The molecule has 5 nitrogen and oxygen atoms in total. The van der Waals surface area contributed by atoms with Crippen LogP contribution >= 0.6 is 11.3 Å². The Morgan fingerprint density at radius 2 is 2.25 bits per heavy atom. The van der Waals surface area contributed by atoms with Crippen LogP contribution in [-0.2, 0) is 15.6 Å². The number of hydrogen-bond acceptors (Lipinski definition) is 5. The van der Waals surface area contributed by atoms with Crippen molar-refractivity contribution in [1.29, 1.82) is 0 Å². The van der Waals surface area contributed by atoms with Gasteiger partial charge in [0.25, 0.3) is 5.91 Å². The Morgan fingerprint density at radius 1 is 1.55 bits per heavy atom. The summed E-state index contributed by atoms with van der Waals surface area (Å²) in [5.74, 6) is 0.00631. The van der Waals surface area contributed by atoms with Gasteiger partial charge in [-0.2, -0.15) is 0 Å². The van der Waals surface area contributed by atoms with Gasteiger partial charge in [-0.05, 0) is 25.5 Å². The van der Waals surface area contributed by atoms with E-state index in [4.69, 9.17) is 0 Å². The zero-order valence-electron chi connectivity index (χ0n) is 12.0. The van der Waals surface area contributed by atoms with Crippen molar-refractivity contribution in [1.82, 2.24) is 10.2 Å². The van der Waals surface area contributed by atoms with Crippen LogP contribution in [0.15, 0.2) is 6.07 Å². The second-order valence-electron chi connectivity index (χ2n) is 5.37. The largest absolute Gasteiger partial charge is 0.335 e. The molecule has 1 fully saturated rings. The summed E-state index contributed by atoms with van der Waals surface area (Å²) >= 11 is 1.38. The van der Waals surface area contributed by atoms with Crippen LogP contribution in [0.5, 0.6) is 0 Å². The van der Waals surface area contributed by atoms with Crippen molar-refractivity contribution >= 4 is 27.1 Å². The Hall–Kier alpha value is -0.920. The van der Waals surface area contributed by atoms with Gasteiger partial charge in [-0.3, -0.25) is 4.79 Å². The van der Waals surface area contributed by atoms with Crippen LogP contribution in [0.25, 0.3) is 0 Å². The van der Waals surface area contributed by atoms with Crippen LogP contribution in [0.2, 0.25) is 0 Å². The van der Waals surface area contributed by atoms with Crippen LogP contribution < -0.4 is 5.32 Å². The quantitative estimate of drug-likeness (QED) is 0.905. The van der Waals surface area contributed by atoms with Gasteiger partial charge in [0.15, 0.2) is 9.84 Å². The third-order valence-electron chi connectivity index (χ3n) is 3.31. The van der Waals surface area contributed by atoms with Gasteiger partial charge in [-0.1, -0.05) is 0 Å². The third-order valence-corrected chi connectivity index (χ3v) is 5.22. The maximum Gasteiger partial charge on any atom is 0.264 e. The first-order valence-corrected chi connectivity index (χ1v) is 9.43. The van der Waals surface area contributed by atoms with Gasteiger partial charge in [0, 0.05) is 36.8 Å². The fraction of sp³-hybridized carbons (Fsp3) is 0.615. The molecule has 1 aliphatic rings. The fourth-order valence-electron chi connectivity index (χ4n) is 2.32. The normalized spacial score (nSPS) is 20.1. The molecule has 0 radical (unpaired) electrons. The zero-order chi connectivity index (χ0) is 14.9. The van der Waals surface area contributed by atoms with Crippen molar-refractivity contribution in [2.45, 2.75) is 25.6 Å². The number of amides is 1. The lowest BCUT2D eigenvalue weighted by Gasteiger charge is -2.31. The Morgan fingerprint density at radius 3 is 2.85 bits per heavy atom. The van der Waals surface area contributed by atoms with E-state index in [1.54, 1.807) is 6.07 Å². The minimum atomic E-state index is -3.07. The molecule has 0 spiro atoms. The van der Waals surface area contributed by atoms with Crippen molar-refractivity contribution in [2.75, 3.05) is 25.9 Å². The molecule has 0 bridgehead atoms. The maximum absolute atomic E-state index is 12.4. The molecule has 2 heterocycles. The van der Waals surface area contributed by atoms with Crippen molar-refractivity contribution < 1.29 is 13.2 Å². The van der Waals surface area contributed by atoms with E-state index in [0.29, 0.717) is 24.0 Å². The molecule has 112 valence electrons. The minimum Gasteiger partial charge on any atom is -0.335 e. The van der Waals surface area contributed by atoms with Crippen LogP contribution in [0.1, 0.15) is 27.0 Å². The molecule has 0 saturated carbocycles. The molecule has 0 aliphatic carbocycles. The summed E-state index contributed by atoms with van der Waals surface area (Å²) in [5, 5.41) is 3.30. The smallest absolute Gasteiger partial charge is 0.264 e. The van der Waals surface area contributed by atoms with Crippen LogP contribution in [0.4, 0.5) is 0 Å². The van der Waals surface area contributed by atoms with Gasteiger partial charge in [0.05, 0.1) is 10.6 Å². The van der Waals surface area contributed by atoms with E-state index in [2.05, 4.69) is 5.32 Å². The highest BCUT2D eigenvalue weighted by molar-refractivity contribution is 7.89. The van der Waals surface area contributed by atoms with E-state index in [9.17, 15) is 13.2 Å². The lowest BCUT2D eigenvalue weighted by Crippen LogP contribution is -2.51. The van der Waals surface area contributed by atoms with E-state index < -0.39 is 9.84 Å². The standard InChI is InChI=1S/C13H20N2O3S2/c1-9-7-15(5-4-14-9)13(16)12-6-11(10(2)19-12)8-20(3,17)18/h6,9,14H,4-5,7-8H2,1-3H3/t9-/m1/s1. The monoisotopic (exact) mass is 316 g/mol. The Kier molecular flexibility index (Phi) is 4.51. The molecule has 1 aromatic heterocycles. The van der Waals surface area contributed by atoms with Gasteiger partial charge >= 0.3 is 0 Å². The number of aryl methyl sites for hydroxylation is 1.